The van der Waals surface area contributed by atoms with E-state index in [1.165, 1.54) is 50.9 Å². The molecule has 2 saturated carbocycles. The minimum absolute atomic E-state index is 0.112. The fourth-order valence-corrected chi connectivity index (χ4v) is 5.67. The molecule has 2 fully saturated rings. The minimum atomic E-state index is 0.112. The van der Waals surface area contributed by atoms with E-state index >= 15 is 0 Å². The molecule has 0 amide bonds. The Morgan fingerprint density at radius 3 is 2.52 bits per heavy atom. The summed E-state index contributed by atoms with van der Waals surface area (Å²) in [4.78, 5) is 0. The molecule has 3 rings (SSSR count). The van der Waals surface area contributed by atoms with Crippen LogP contribution in [0.1, 0.15) is 65.4 Å². The Labute approximate surface area is 151 Å². The summed E-state index contributed by atoms with van der Waals surface area (Å²) in [6.07, 6.45) is 8.33. The standard InChI is InChI=1S/C22H32O3/c1-14-7-8-19-21(2,3)9-6-10-22(19,4)17(14)12-15-11-16(23)13-18(25-5)20(15)24/h11-14,19,23-24H,6-10H2,1-5H3/b17-12+/t14-,19?,22+/m0/s1. The van der Waals surface area contributed by atoms with E-state index in [9.17, 15) is 10.2 Å². The maximum atomic E-state index is 10.5. The van der Waals surface area contributed by atoms with Crippen molar-refractivity contribution in [2.45, 2.75) is 59.8 Å². The van der Waals surface area contributed by atoms with Gasteiger partial charge in [0.05, 0.1) is 7.11 Å². The normalized spacial score (nSPS) is 33.1. The second kappa shape index (κ2) is 6.26. The quantitative estimate of drug-likeness (QED) is 0.671. The first-order chi connectivity index (χ1) is 11.7. The summed E-state index contributed by atoms with van der Waals surface area (Å²) in [5.74, 6) is 1.71. The van der Waals surface area contributed by atoms with Crippen molar-refractivity contribution in [1.29, 1.82) is 0 Å². The number of fused-ring (bicyclic) bond motifs is 1. The topological polar surface area (TPSA) is 49.7 Å². The molecule has 0 radical (unpaired) electrons. The van der Waals surface area contributed by atoms with Crippen molar-refractivity contribution in [2.75, 3.05) is 7.11 Å². The van der Waals surface area contributed by atoms with Gasteiger partial charge in [0.15, 0.2) is 11.5 Å². The summed E-state index contributed by atoms with van der Waals surface area (Å²) >= 11 is 0. The van der Waals surface area contributed by atoms with Crippen molar-refractivity contribution in [3.63, 3.8) is 0 Å². The minimum Gasteiger partial charge on any atom is -0.508 e. The first-order valence-corrected chi connectivity index (χ1v) is 9.51. The summed E-state index contributed by atoms with van der Waals surface area (Å²) in [6, 6.07) is 3.09. The summed E-state index contributed by atoms with van der Waals surface area (Å²) in [5, 5.41) is 20.5. The average molecular weight is 344 g/mol. The molecule has 3 atom stereocenters. The van der Waals surface area contributed by atoms with E-state index < -0.39 is 0 Å². The number of aromatic hydroxyl groups is 2. The molecule has 0 aromatic heterocycles. The molecule has 2 aliphatic rings. The molecule has 0 saturated heterocycles. The van der Waals surface area contributed by atoms with Crippen LogP contribution >= 0.6 is 0 Å². The lowest BCUT2D eigenvalue weighted by Gasteiger charge is -2.56. The number of allylic oxidation sites excluding steroid dienone is 1. The Morgan fingerprint density at radius 2 is 1.84 bits per heavy atom. The van der Waals surface area contributed by atoms with E-state index in [0.29, 0.717) is 28.6 Å². The van der Waals surface area contributed by atoms with Gasteiger partial charge in [-0.1, -0.05) is 45.8 Å². The van der Waals surface area contributed by atoms with Crippen LogP contribution in [0, 0.1) is 22.7 Å². The van der Waals surface area contributed by atoms with E-state index in [1.807, 2.05) is 0 Å². The van der Waals surface area contributed by atoms with Gasteiger partial charge < -0.3 is 14.9 Å². The van der Waals surface area contributed by atoms with E-state index in [4.69, 9.17) is 4.74 Å². The number of benzene rings is 1. The highest BCUT2D eigenvalue weighted by Gasteiger charge is 2.51. The Morgan fingerprint density at radius 1 is 1.12 bits per heavy atom. The van der Waals surface area contributed by atoms with Gasteiger partial charge in [-0.15, -0.1) is 0 Å². The molecule has 3 nitrogen and oxygen atoms in total. The van der Waals surface area contributed by atoms with Crippen LogP contribution in [-0.4, -0.2) is 17.3 Å². The summed E-state index contributed by atoms with van der Waals surface area (Å²) in [6.45, 7) is 9.54. The Bertz CT molecular complexity index is 689. The number of methoxy groups -OCH3 is 1. The molecule has 1 aromatic rings. The molecule has 0 aliphatic heterocycles. The van der Waals surface area contributed by atoms with Crippen LogP contribution in [0.3, 0.4) is 0 Å². The highest BCUT2D eigenvalue weighted by molar-refractivity contribution is 5.67. The lowest BCUT2D eigenvalue weighted by atomic mass is 9.48. The van der Waals surface area contributed by atoms with Crippen LogP contribution in [0.25, 0.3) is 6.08 Å². The Kier molecular flexibility index (Phi) is 4.55. The van der Waals surface area contributed by atoms with Crippen LogP contribution in [0.2, 0.25) is 0 Å². The molecule has 2 aliphatic carbocycles. The average Bonchev–Trinajstić information content (AvgIpc) is 2.52. The van der Waals surface area contributed by atoms with E-state index in [1.54, 1.807) is 6.07 Å². The lowest BCUT2D eigenvalue weighted by Crippen LogP contribution is -2.47. The van der Waals surface area contributed by atoms with Gasteiger partial charge in [-0.25, -0.2) is 0 Å². The first kappa shape index (κ1) is 18.2. The van der Waals surface area contributed by atoms with Crippen LogP contribution in [0.5, 0.6) is 17.2 Å². The van der Waals surface area contributed by atoms with E-state index in [0.717, 1.165) is 0 Å². The lowest BCUT2D eigenvalue weighted by molar-refractivity contribution is -0.00535. The summed E-state index contributed by atoms with van der Waals surface area (Å²) in [5.41, 5.74) is 2.58. The van der Waals surface area contributed by atoms with Gasteiger partial charge in [0.2, 0.25) is 0 Å². The molecule has 138 valence electrons. The predicted molar refractivity (Wildman–Crippen MR) is 102 cm³/mol. The van der Waals surface area contributed by atoms with Crippen LogP contribution < -0.4 is 4.74 Å². The fourth-order valence-electron chi connectivity index (χ4n) is 5.67. The van der Waals surface area contributed by atoms with Crippen LogP contribution in [0.15, 0.2) is 17.7 Å². The zero-order valence-corrected chi connectivity index (χ0v) is 16.2. The largest absolute Gasteiger partial charge is 0.508 e. The molecule has 0 heterocycles. The molecule has 1 aromatic carbocycles. The zero-order chi connectivity index (χ0) is 18.4. The number of phenolic OH excluding ortho intramolecular Hbond substituents is 2. The van der Waals surface area contributed by atoms with Gasteiger partial charge in [-0.2, -0.15) is 0 Å². The van der Waals surface area contributed by atoms with Gasteiger partial charge in [0, 0.05) is 11.6 Å². The van der Waals surface area contributed by atoms with Crippen molar-refractivity contribution < 1.29 is 14.9 Å². The number of rotatable bonds is 2. The SMILES string of the molecule is COc1cc(O)cc(/C=C2\[C@@H](C)CCC3C(C)(C)CCC[C@]23C)c1O. The van der Waals surface area contributed by atoms with E-state index in [2.05, 4.69) is 33.8 Å². The highest BCUT2D eigenvalue weighted by atomic mass is 16.5. The number of hydrogen-bond acceptors (Lipinski definition) is 3. The van der Waals surface area contributed by atoms with Gasteiger partial charge >= 0.3 is 0 Å². The van der Waals surface area contributed by atoms with Crippen molar-refractivity contribution in [3.8, 4) is 17.2 Å². The maximum Gasteiger partial charge on any atom is 0.165 e. The van der Waals surface area contributed by atoms with Gasteiger partial charge in [0.25, 0.3) is 0 Å². The van der Waals surface area contributed by atoms with Crippen LogP contribution in [0.4, 0.5) is 0 Å². The predicted octanol–water partition coefficient (Wildman–Crippen LogP) is 5.75. The van der Waals surface area contributed by atoms with Gasteiger partial charge in [-0.3, -0.25) is 0 Å². The molecular formula is C22H32O3. The van der Waals surface area contributed by atoms with Crippen molar-refractivity contribution >= 4 is 6.08 Å². The highest BCUT2D eigenvalue weighted by Crippen LogP contribution is 2.61. The molecule has 1 unspecified atom stereocenters. The monoisotopic (exact) mass is 344 g/mol. The van der Waals surface area contributed by atoms with Gasteiger partial charge in [0.1, 0.15) is 5.75 Å². The van der Waals surface area contributed by atoms with Crippen molar-refractivity contribution in [2.24, 2.45) is 22.7 Å². The molecular weight excluding hydrogens is 312 g/mol. The second-order valence-corrected chi connectivity index (χ2v) is 8.98. The third kappa shape index (κ3) is 3.02. The molecule has 2 N–H and O–H groups in total. The smallest absolute Gasteiger partial charge is 0.165 e. The third-order valence-electron chi connectivity index (χ3n) is 6.93. The molecule has 0 bridgehead atoms. The Balaban J connectivity index is 2.11. The fraction of sp³-hybridized carbons (Fsp3) is 0.636. The van der Waals surface area contributed by atoms with Gasteiger partial charge in [-0.05, 0) is 54.4 Å². The molecule has 3 heteroatoms. The number of hydrogen-bond donors (Lipinski definition) is 2. The van der Waals surface area contributed by atoms with Crippen molar-refractivity contribution in [3.05, 3.63) is 23.3 Å². The summed E-state index contributed by atoms with van der Waals surface area (Å²) in [7, 11) is 1.51. The van der Waals surface area contributed by atoms with Crippen molar-refractivity contribution in [1.82, 2.24) is 0 Å². The van der Waals surface area contributed by atoms with Crippen LogP contribution in [-0.2, 0) is 0 Å². The maximum absolute atomic E-state index is 10.5. The first-order valence-electron chi connectivity index (χ1n) is 9.51. The number of ether oxygens (including phenoxy) is 1. The molecule has 0 spiro atoms. The second-order valence-electron chi connectivity index (χ2n) is 8.98. The third-order valence-corrected chi connectivity index (χ3v) is 6.93. The summed E-state index contributed by atoms with van der Waals surface area (Å²) < 4.78 is 5.21. The number of phenols is 2. The Hall–Kier alpha value is -1.64. The molecule has 25 heavy (non-hydrogen) atoms. The zero-order valence-electron chi connectivity index (χ0n) is 16.2. The van der Waals surface area contributed by atoms with E-state index in [-0.39, 0.29) is 16.9 Å².